The summed E-state index contributed by atoms with van der Waals surface area (Å²) in [5.41, 5.74) is 0. The van der Waals surface area contributed by atoms with Crippen LogP contribution in [0.25, 0.3) is 0 Å². The maximum absolute atomic E-state index is 13.0. The van der Waals surface area contributed by atoms with Gasteiger partial charge in [0.1, 0.15) is 19.3 Å². The van der Waals surface area contributed by atoms with E-state index in [9.17, 15) is 43.2 Å². The number of phosphoric acid groups is 2. The molecule has 2 unspecified atom stereocenters. The molecule has 0 bridgehead atoms. The molecule has 0 saturated heterocycles. The first-order valence-electron chi connectivity index (χ1n) is 36.8. The van der Waals surface area contributed by atoms with Gasteiger partial charge in [0, 0.05) is 25.7 Å². The summed E-state index contributed by atoms with van der Waals surface area (Å²) in [7, 11) is -9.90. The molecule has 5 atom stereocenters. The van der Waals surface area contributed by atoms with Crippen LogP contribution in [0.3, 0.4) is 0 Å². The Hall–Kier alpha value is -1.94. The number of hydrogen-bond donors (Lipinski definition) is 3. The predicted octanol–water partition coefficient (Wildman–Crippen LogP) is 20.2. The van der Waals surface area contributed by atoms with Crippen LogP contribution in [0, 0.1) is 17.8 Å². The molecule has 3 N–H and O–H groups in total. The zero-order valence-corrected chi connectivity index (χ0v) is 60.4. The van der Waals surface area contributed by atoms with E-state index in [1.54, 1.807) is 0 Å². The average molecular weight is 1330 g/mol. The van der Waals surface area contributed by atoms with Gasteiger partial charge in [0.15, 0.2) is 12.2 Å². The summed E-state index contributed by atoms with van der Waals surface area (Å²) in [4.78, 5) is 72.6. The fourth-order valence-corrected chi connectivity index (χ4v) is 12.3. The summed E-state index contributed by atoms with van der Waals surface area (Å²) in [5.74, 6) is 0.0969. The number of carbonyl (C=O) groups is 4. The molecule has 0 amide bonds. The van der Waals surface area contributed by atoms with Gasteiger partial charge >= 0.3 is 39.5 Å². The zero-order valence-electron chi connectivity index (χ0n) is 58.6. The molecule has 0 rings (SSSR count). The van der Waals surface area contributed by atoms with Gasteiger partial charge in [-0.3, -0.25) is 37.3 Å². The van der Waals surface area contributed by atoms with Crippen molar-refractivity contribution >= 4 is 39.5 Å². The summed E-state index contributed by atoms with van der Waals surface area (Å²) in [6.45, 7) is 11.8. The third-order valence-electron chi connectivity index (χ3n) is 16.4. The molecule has 0 aromatic rings. The molecule has 0 aromatic heterocycles. The number of carbonyl (C=O) groups excluding carboxylic acids is 4. The van der Waals surface area contributed by atoms with Crippen molar-refractivity contribution in [3.63, 3.8) is 0 Å². The highest BCUT2D eigenvalue weighted by molar-refractivity contribution is 7.47. The first-order chi connectivity index (χ1) is 43.2. The van der Waals surface area contributed by atoms with E-state index in [-0.39, 0.29) is 25.7 Å². The molecule has 0 aliphatic rings. The number of phosphoric ester groups is 2. The van der Waals surface area contributed by atoms with E-state index < -0.39 is 97.5 Å². The molecule has 0 aliphatic carbocycles. The molecule has 90 heavy (non-hydrogen) atoms. The van der Waals surface area contributed by atoms with Gasteiger partial charge in [0.05, 0.1) is 26.4 Å². The van der Waals surface area contributed by atoms with Crippen LogP contribution in [0.1, 0.15) is 357 Å². The van der Waals surface area contributed by atoms with E-state index >= 15 is 0 Å². The van der Waals surface area contributed by atoms with Crippen molar-refractivity contribution in [2.45, 2.75) is 375 Å². The number of aliphatic hydroxyl groups is 1. The molecule has 0 aromatic carbocycles. The van der Waals surface area contributed by atoms with Crippen LogP contribution in [-0.4, -0.2) is 96.7 Å². The molecule has 534 valence electrons. The van der Waals surface area contributed by atoms with Gasteiger partial charge in [-0.2, -0.15) is 0 Å². The van der Waals surface area contributed by atoms with E-state index in [4.69, 9.17) is 37.0 Å². The Bertz CT molecular complexity index is 1770. The lowest BCUT2D eigenvalue weighted by Gasteiger charge is -2.21. The molecule has 19 heteroatoms. The second-order valence-corrected chi connectivity index (χ2v) is 30.0. The number of ether oxygens (including phenoxy) is 4. The first-order valence-corrected chi connectivity index (χ1v) is 39.8. The Morgan fingerprint density at radius 1 is 0.300 bits per heavy atom. The van der Waals surface area contributed by atoms with Crippen LogP contribution in [0.4, 0.5) is 0 Å². The number of unbranched alkanes of at least 4 members (excludes halogenated alkanes) is 37. The summed E-state index contributed by atoms with van der Waals surface area (Å²) >= 11 is 0. The summed E-state index contributed by atoms with van der Waals surface area (Å²) < 4.78 is 68.3. The Labute approximate surface area is 549 Å². The molecule has 0 radical (unpaired) electrons. The molecule has 0 aliphatic heterocycles. The van der Waals surface area contributed by atoms with Gasteiger partial charge in [-0.25, -0.2) is 9.13 Å². The van der Waals surface area contributed by atoms with Gasteiger partial charge in [-0.15, -0.1) is 0 Å². The second kappa shape index (κ2) is 61.9. The van der Waals surface area contributed by atoms with Crippen LogP contribution in [0.15, 0.2) is 0 Å². The van der Waals surface area contributed by atoms with Crippen molar-refractivity contribution in [3.8, 4) is 0 Å². The van der Waals surface area contributed by atoms with Gasteiger partial charge in [0.2, 0.25) is 0 Å². The Balaban J connectivity index is 5.26. The number of aliphatic hydroxyl groups excluding tert-OH is 1. The van der Waals surface area contributed by atoms with Gasteiger partial charge in [-0.05, 0) is 43.4 Å². The van der Waals surface area contributed by atoms with Gasteiger partial charge in [-0.1, -0.05) is 305 Å². The van der Waals surface area contributed by atoms with Crippen LogP contribution in [-0.2, 0) is 65.4 Å². The molecule has 0 spiro atoms. The molecule has 0 heterocycles. The largest absolute Gasteiger partial charge is 0.472 e. The Morgan fingerprint density at radius 2 is 0.511 bits per heavy atom. The van der Waals surface area contributed by atoms with Crippen LogP contribution >= 0.6 is 15.6 Å². The quantitative estimate of drug-likeness (QED) is 0.0222. The topological polar surface area (TPSA) is 237 Å². The minimum absolute atomic E-state index is 0.105. The number of rotatable bonds is 69. The summed E-state index contributed by atoms with van der Waals surface area (Å²) in [5, 5.41) is 10.6. The Kier molecular flexibility index (Phi) is 60.6. The SMILES string of the molecule is CCCCCCCCCCCCCCCCC(=O)O[C@H](COC(=O)CCCCCCCCCCCCC(C)C)COP(=O)(O)OC[C@@H](O)COP(=O)(O)OC[C@@H](COC(=O)CCCCCCCCCCC(C)C)OC(=O)CCCCCCCCCCCC(C)C. The third kappa shape index (κ3) is 64.8. The molecular weight excluding hydrogens is 1190 g/mol. The predicted molar refractivity (Wildman–Crippen MR) is 363 cm³/mol. The average Bonchev–Trinajstić information content (AvgIpc) is 3.71. The van der Waals surface area contributed by atoms with Gasteiger partial charge < -0.3 is 33.8 Å². The van der Waals surface area contributed by atoms with Crippen molar-refractivity contribution in [3.05, 3.63) is 0 Å². The minimum Gasteiger partial charge on any atom is -0.462 e. The van der Waals surface area contributed by atoms with Crippen molar-refractivity contribution in [1.29, 1.82) is 0 Å². The van der Waals surface area contributed by atoms with Crippen LogP contribution in [0.5, 0.6) is 0 Å². The maximum Gasteiger partial charge on any atom is 0.472 e. The van der Waals surface area contributed by atoms with E-state index in [1.165, 1.54) is 167 Å². The molecule has 0 fully saturated rings. The number of esters is 4. The first kappa shape index (κ1) is 88.1. The monoisotopic (exact) mass is 1320 g/mol. The van der Waals surface area contributed by atoms with Crippen molar-refractivity contribution in [2.75, 3.05) is 39.6 Å². The highest BCUT2D eigenvalue weighted by atomic mass is 31.2. The molecule has 0 saturated carbocycles. The lowest BCUT2D eigenvalue weighted by atomic mass is 10.0. The second-order valence-electron chi connectivity index (χ2n) is 27.1. The standard InChI is InChI=1S/C71H138O17P2/c1-8-9-10-11-12-13-14-15-16-17-24-33-40-47-54-70(75)87-66(58-81-68(73)52-45-38-31-23-19-18-21-28-35-42-49-62(2)3)60-85-89(77,78)83-56-65(72)57-84-90(79,80)86-61-67(59-82-69(74)53-46-39-32-27-26-30-37-44-51-64(6)7)88-71(76)55-48-41-34-25-20-22-29-36-43-50-63(4)5/h62-67,72H,8-61H2,1-7H3,(H,77,78)(H,79,80)/t65-,66-,67-/m1/s1. The minimum atomic E-state index is -4.95. The van der Waals surface area contributed by atoms with Crippen molar-refractivity contribution in [1.82, 2.24) is 0 Å². The van der Waals surface area contributed by atoms with Crippen LogP contribution < -0.4 is 0 Å². The van der Waals surface area contributed by atoms with Crippen LogP contribution in [0.2, 0.25) is 0 Å². The van der Waals surface area contributed by atoms with E-state index in [0.717, 1.165) is 108 Å². The molecule has 17 nitrogen and oxygen atoms in total. The fourth-order valence-electron chi connectivity index (χ4n) is 10.7. The maximum atomic E-state index is 13.0. The highest BCUT2D eigenvalue weighted by Gasteiger charge is 2.30. The van der Waals surface area contributed by atoms with E-state index in [0.29, 0.717) is 25.7 Å². The lowest BCUT2D eigenvalue weighted by molar-refractivity contribution is -0.161. The fraction of sp³-hybridized carbons (Fsp3) is 0.944. The number of hydrogen-bond acceptors (Lipinski definition) is 15. The van der Waals surface area contributed by atoms with E-state index in [1.807, 2.05) is 0 Å². The lowest BCUT2D eigenvalue weighted by Crippen LogP contribution is -2.30. The van der Waals surface area contributed by atoms with E-state index in [2.05, 4.69) is 48.5 Å². The summed E-state index contributed by atoms with van der Waals surface area (Å²) in [6.07, 6.45) is 45.8. The third-order valence-corrected chi connectivity index (χ3v) is 18.3. The Morgan fingerprint density at radius 3 is 0.756 bits per heavy atom. The summed E-state index contributed by atoms with van der Waals surface area (Å²) in [6, 6.07) is 0. The van der Waals surface area contributed by atoms with Gasteiger partial charge in [0.25, 0.3) is 0 Å². The normalized spacial score (nSPS) is 14.2. The molecular formula is C71H138O17P2. The van der Waals surface area contributed by atoms with Crippen molar-refractivity contribution in [2.24, 2.45) is 17.8 Å². The van der Waals surface area contributed by atoms with Crippen molar-refractivity contribution < 1.29 is 80.2 Å². The zero-order chi connectivity index (χ0) is 66.6. The highest BCUT2D eigenvalue weighted by Crippen LogP contribution is 2.45. The smallest absolute Gasteiger partial charge is 0.462 e.